The van der Waals surface area contributed by atoms with Crippen molar-refractivity contribution in [3.8, 4) is 11.1 Å². The number of anilines is 1. The number of carbonyl (C=O) groups excluding carboxylic acids is 3. The predicted octanol–water partition coefficient (Wildman–Crippen LogP) is 3.20. The minimum atomic E-state index is -2.88. The average molecular weight is 518 g/mol. The molecule has 2 amide bonds. The highest BCUT2D eigenvalue weighted by Gasteiger charge is 2.27. The smallest absolute Gasteiger partial charge is 0.356 e. The molecule has 0 aromatic carbocycles. The van der Waals surface area contributed by atoms with Crippen molar-refractivity contribution in [2.24, 2.45) is 19.8 Å². The molecule has 188 valence electrons. The van der Waals surface area contributed by atoms with Crippen LogP contribution in [0, 0.1) is 6.92 Å². The van der Waals surface area contributed by atoms with E-state index in [2.05, 4.69) is 20.5 Å². The van der Waals surface area contributed by atoms with E-state index in [0.717, 1.165) is 11.3 Å². The number of hydrogen-bond donors (Lipinski definition) is 2. The van der Waals surface area contributed by atoms with Crippen LogP contribution in [0.15, 0.2) is 18.3 Å². The highest BCUT2D eigenvalue weighted by Crippen LogP contribution is 2.43. The fourth-order valence-electron chi connectivity index (χ4n) is 3.65. The van der Waals surface area contributed by atoms with E-state index in [0.29, 0.717) is 16.8 Å². The van der Waals surface area contributed by atoms with Crippen molar-refractivity contribution < 1.29 is 27.9 Å². The first kappa shape index (κ1) is 24.9. The summed E-state index contributed by atoms with van der Waals surface area (Å²) in [5.41, 5.74) is 6.45. The summed E-state index contributed by atoms with van der Waals surface area (Å²) in [5.74, 6) is -2.30. The number of rotatable bonds is 7. The SMILES string of the molecule is CCOC(=O)c1cc(C(=O)Nc2c(C(N)=O)sc3nc(C(F)F)cc(-c4cnn(C)c4C)c23)nn1C. The maximum absolute atomic E-state index is 13.7. The number of aromatic nitrogens is 5. The van der Waals surface area contributed by atoms with Crippen LogP contribution in [0.4, 0.5) is 14.5 Å². The van der Waals surface area contributed by atoms with E-state index in [1.165, 1.54) is 30.1 Å². The maximum atomic E-state index is 13.7. The van der Waals surface area contributed by atoms with Crippen molar-refractivity contribution in [3.05, 3.63) is 46.0 Å². The highest BCUT2D eigenvalue weighted by molar-refractivity contribution is 7.21. The average Bonchev–Trinajstić information content (AvgIpc) is 3.49. The van der Waals surface area contributed by atoms with E-state index < -0.39 is 29.9 Å². The molecule has 0 saturated heterocycles. The van der Waals surface area contributed by atoms with Gasteiger partial charge in [0.1, 0.15) is 21.1 Å². The van der Waals surface area contributed by atoms with Crippen molar-refractivity contribution in [2.75, 3.05) is 11.9 Å². The fraction of sp³-hybridized carbons (Fsp3) is 0.273. The Labute approximate surface area is 206 Å². The Balaban J connectivity index is 1.89. The molecule has 4 rings (SSSR count). The summed E-state index contributed by atoms with van der Waals surface area (Å²) in [6.45, 7) is 3.53. The van der Waals surface area contributed by atoms with Crippen LogP contribution >= 0.6 is 11.3 Å². The molecule has 0 atom stereocenters. The lowest BCUT2D eigenvalue weighted by molar-refractivity contribution is 0.0513. The maximum Gasteiger partial charge on any atom is 0.356 e. The monoisotopic (exact) mass is 517 g/mol. The van der Waals surface area contributed by atoms with Crippen LogP contribution in [-0.2, 0) is 18.8 Å². The van der Waals surface area contributed by atoms with E-state index in [1.807, 2.05) is 0 Å². The van der Waals surface area contributed by atoms with Gasteiger partial charge in [0, 0.05) is 36.8 Å². The van der Waals surface area contributed by atoms with Gasteiger partial charge in [-0.2, -0.15) is 10.2 Å². The van der Waals surface area contributed by atoms with E-state index in [4.69, 9.17) is 10.5 Å². The number of carbonyl (C=O) groups is 3. The van der Waals surface area contributed by atoms with E-state index in [1.54, 1.807) is 25.6 Å². The second kappa shape index (κ2) is 9.45. The first-order chi connectivity index (χ1) is 17.0. The lowest BCUT2D eigenvalue weighted by atomic mass is 10.0. The molecule has 0 aliphatic rings. The molecule has 0 aliphatic heterocycles. The summed E-state index contributed by atoms with van der Waals surface area (Å²) in [5, 5.41) is 11.1. The predicted molar refractivity (Wildman–Crippen MR) is 127 cm³/mol. The molecule has 0 radical (unpaired) electrons. The number of thiophene rings is 1. The third kappa shape index (κ3) is 4.30. The first-order valence-corrected chi connectivity index (χ1v) is 11.4. The fourth-order valence-corrected chi connectivity index (χ4v) is 4.66. The Hall–Kier alpha value is -4.20. The summed E-state index contributed by atoms with van der Waals surface area (Å²) in [6, 6.07) is 2.44. The van der Waals surface area contributed by atoms with Crippen LogP contribution in [-0.4, -0.2) is 48.9 Å². The molecule has 4 heterocycles. The van der Waals surface area contributed by atoms with Gasteiger partial charge in [-0.3, -0.25) is 19.0 Å². The van der Waals surface area contributed by atoms with E-state index in [9.17, 15) is 23.2 Å². The van der Waals surface area contributed by atoms with Crippen molar-refractivity contribution in [1.29, 1.82) is 0 Å². The van der Waals surface area contributed by atoms with Crippen molar-refractivity contribution >= 4 is 45.0 Å². The molecular weight excluding hydrogens is 496 g/mol. The van der Waals surface area contributed by atoms with Crippen LogP contribution in [0.3, 0.4) is 0 Å². The van der Waals surface area contributed by atoms with Gasteiger partial charge in [-0.1, -0.05) is 0 Å². The van der Waals surface area contributed by atoms with Gasteiger partial charge in [-0.15, -0.1) is 11.3 Å². The number of nitrogens with one attached hydrogen (secondary N) is 1. The van der Waals surface area contributed by atoms with Crippen LogP contribution in [0.1, 0.15) is 55.4 Å². The minimum absolute atomic E-state index is 0.00223. The van der Waals surface area contributed by atoms with Gasteiger partial charge >= 0.3 is 5.97 Å². The molecule has 0 aliphatic carbocycles. The number of fused-ring (bicyclic) bond motifs is 1. The minimum Gasteiger partial charge on any atom is -0.461 e. The number of primary amides is 1. The Morgan fingerprint density at radius 1 is 1.19 bits per heavy atom. The molecule has 0 unspecified atom stereocenters. The Morgan fingerprint density at radius 3 is 2.50 bits per heavy atom. The number of ether oxygens (including phenoxy) is 1. The van der Waals surface area contributed by atoms with Gasteiger partial charge in [0.25, 0.3) is 18.2 Å². The van der Waals surface area contributed by atoms with Gasteiger partial charge in [0.2, 0.25) is 0 Å². The normalized spacial score (nSPS) is 11.3. The van der Waals surface area contributed by atoms with Gasteiger partial charge in [-0.05, 0) is 25.5 Å². The number of alkyl halides is 2. The molecule has 0 saturated carbocycles. The number of aryl methyl sites for hydroxylation is 2. The summed E-state index contributed by atoms with van der Waals surface area (Å²) < 4.78 is 35.0. The molecule has 3 N–H and O–H groups in total. The lowest BCUT2D eigenvalue weighted by Crippen LogP contribution is -2.17. The standard InChI is InChI=1S/C22H21F2N7O4S/c1-5-35-22(34)14-7-13(29-31(14)4)20(33)28-16-15-10(11-8-26-30(3)9(11)2)6-12(18(23)24)27-21(15)36-17(16)19(25)32/h6-8,18H,5H2,1-4H3,(H2,25,32)(H,28,33). The number of nitrogens with two attached hydrogens (primary N) is 1. The second-order valence-corrected chi connectivity index (χ2v) is 8.73. The number of halogens is 2. The van der Waals surface area contributed by atoms with Gasteiger partial charge < -0.3 is 15.8 Å². The summed E-state index contributed by atoms with van der Waals surface area (Å²) >= 11 is 0.781. The number of pyridine rings is 1. The molecular formula is C22H21F2N7O4S. The van der Waals surface area contributed by atoms with E-state index in [-0.39, 0.29) is 38.8 Å². The number of esters is 1. The number of nitrogens with zero attached hydrogens (tertiary/aromatic N) is 5. The van der Waals surface area contributed by atoms with Crippen molar-refractivity contribution in [2.45, 2.75) is 20.3 Å². The Morgan fingerprint density at radius 2 is 1.92 bits per heavy atom. The third-order valence-electron chi connectivity index (χ3n) is 5.49. The molecule has 0 fully saturated rings. The molecule has 14 heteroatoms. The van der Waals surface area contributed by atoms with Crippen LogP contribution < -0.4 is 11.1 Å². The molecule has 4 aromatic rings. The zero-order chi connectivity index (χ0) is 26.3. The Kier molecular flexibility index (Phi) is 6.54. The molecule has 36 heavy (non-hydrogen) atoms. The molecule has 0 bridgehead atoms. The van der Waals surface area contributed by atoms with Crippen LogP contribution in [0.5, 0.6) is 0 Å². The van der Waals surface area contributed by atoms with Crippen molar-refractivity contribution in [3.63, 3.8) is 0 Å². The molecule has 11 nitrogen and oxygen atoms in total. The topological polar surface area (TPSA) is 147 Å². The third-order valence-corrected chi connectivity index (χ3v) is 6.59. The number of amides is 2. The zero-order valence-electron chi connectivity index (χ0n) is 19.6. The largest absolute Gasteiger partial charge is 0.461 e. The van der Waals surface area contributed by atoms with Gasteiger partial charge in [0.05, 0.1) is 18.5 Å². The second-order valence-electron chi connectivity index (χ2n) is 7.73. The highest BCUT2D eigenvalue weighted by atomic mass is 32.1. The molecule has 0 spiro atoms. The summed E-state index contributed by atoms with van der Waals surface area (Å²) in [6.07, 6.45) is -1.38. The molecule has 4 aromatic heterocycles. The summed E-state index contributed by atoms with van der Waals surface area (Å²) in [7, 11) is 3.16. The zero-order valence-corrected chi connectivity index (χ0v) is 20.4. The quantitative estimate of drug-likeness (QED) is 0.358. The van der Waals surface area contributed by atoms with Gasteiger partial charge in [0.15, 0.2) is 5.69 Å². The van der Waals surface area contributed by atoms with E-state index >= 15 is 0 Å². The van der Waals surface area contributed by atoms with Crippen molar-refractivity contribution in [1.82, 2.24) is 24.5 Å². The van der Waals surface area contributed by atoms with Gasteiger partial charge in [-0.25, -0.2) is 18.6 Å². The lowest BCUT2D eigenvalue weighted by Gasteiger charge is -2.10. The Bertz CT molecular complexity index is 1520. The first-order valence-electron chi connectivity index (χ1n) is 10.6. The van der Waals surface area contributed by atoms with Crippen LogP contribution in [0.25, 0.3) is 21.3 Å². The van der Waals surface area contributed by atoms with Crippen LogP contribution in [0.2, 0.25) is 0 Å². The number of hydrogen-bond acceptors (Lipinski definition) is 8. The summed E-state index contributed by atoms with van der Waals surface area (Å²) in [4.78, 5) is 41.5.